The molecule has 68 valence electrons. The molecule has 0 bridgehead atoms. The summed E-state index contributed by atoms with van der Waals surface area (Å²) in [5.74, 6) is 0. The highest BCUT2D eigenvalue weighted by atomic mass is 16.5. The monoisotopic (exact) mass is 185 g/mol. The first-order chi connectivity index (χ1) is 6.84. The minimum absolute atomic E-state index is 0.537. The van der Waals surface area contributed by atoms with E-state index in [1.165, 1.54) is 6.33 Å². The molecule has 0 fully saturated rings. The lowest BCUT2D eigenvalue weighted by Gasteiger charge is -2.00. The predicted molar refractivity (Wildman–Crippen MR) is 51.2 cm³/mol. The van der Waals surface area contributed by atoms with Gasteiger partial charge in [0.25, 0.3) is 5.52 Å². The molecule has 0 unspecified atom stereocenters. The summed E-state index contributed by atoms with van der Waals surface area (Å²) in [6.45, 7) is 0. The highest BCUT2D eigenvalue weighted by molar-refractivity contribution is 5.78. The van der Waals surface area contributed by atoms with E-state index in [9.17, 15) is 5.21 Å². The predicted octanol–water partition coefficient (Wildman–Crippen LogP) is 0.832. The van der Waals surface area contributed by atoms with Crippen LogP contribution in [0.3, 0.4) is 0 Å². The Morgan fingerprint density at radius 1 is 1.36 bits per heavy atom. The van der Waals surface area contributed by atoms with Gasteiger partial charge in [0, 0.05) is 11.2 Å². The molecule has 1 aromatic heterocycles. The van der Waals surface area contributed by atoms with Crippen molar-refractivity contribution in [3.63, 3.8) is 0 Å². The van der Waals surface area contributed by atoms with E-state index >= 15 is 0 Å². The second kappa shape index (κ2) is 2.51. The molecule has 0 atom stereocenters. The van der Waals surface area contributed by atoms with Gasteiger partial charge in [0.05, 0.1) is 0 Å². The highest BCUT2D eigenvalue weighted by Gasteiger charge is 2.12. The van der Waals surface area contributed by atoms with Gasteiger partial charge in [-0.05, 0) is 28.5 Å². The molecule has 4 heteroatoms. The van der Waals surface area contributed by atoms with Gasteiger partial charge in [-0.15, -0.1) is 0 Å². The fourth-order valence-corrected chi connectivity index (χ4v) is 1.73. The van der Waals surface area contributed by atoms with Crippen molar-refractivity contribution in [1.82, 2.24) is 10.1 Å². The van der Waals surface area contributed by atoms with Crippen LogP contribution >= 0.6 is 0 Å². The topological polar surface area (TPSA) is 52.7 Å². The third kappa shape index (κ3) is 0.907. The molecule has 1 aliphatic carbocycles. The Hall–Kier alpha value is -1.97. The van der Waals surface area contributed by atoms with Crippen LogP contribution in [0.5, 0.6) is 0 Å². The number of aromatic nitrogens is 3. The standard InChI is InChI=1S/C10H7N3O/c14-13-10-5-8-3-1-2-7(8)4-9(10)11-6-12-13/h1-2,4-6H,3H2. The van der Waals surface area contributed by atoms with Crippen LogP contribution < -0.4 is 4.85 Å². The van der Waals surface area contributed by atoms with Gasteiger partial charge in [-0.2, -0.15) is 0 Å². The van der Waals surface area contributed by atoms with Crippen molar-refractivity contribution in [2.24, 2.45) is 0 Å². The van der Waals surface area contributed by atoms with Gasteiger partial charge >= 0.3 is 0 Å². The maximum Gasteiger partial charge on any atom is 0.270 e. The zero-order valence-electron chi connectivity index (χ0n) is 7.34. The van der Waals surface area contributed by atoms with Crippen LogP contribution in [0.4, 0.5) is 0 Å². The molecule has 1 aliphatic rings. The number of fused-ring (bicyclic) bond motifs is 2. The van der Waals surface area contributed by atoms with Gasteiger partial charge in [0.2, 0.25) is 0 Å². The van der Waals surface area contributed by atoms with Crippen LogP contribution in [0, 0.1) is 5.21 Å². The third-order valence-corrected chi connectivity index (χ3v) is 2.43. The van der Waals surface area contributed by atoms with Gasteiger partial charge in [0.15, 0.2) is 6.33 Å². The first-order valence-corrected chi connectivity index (χ1v) is 4.38. The number of hydrogen-bond donors (Lipinski definition) is 0. The van der Waals surface area contributed by atoms with Crippen molar-refractivity contribution in [1.29, 1.82) is 0 Å². The van der Waals surface area contributed by atoms with Crippen LogP contribution in [0.15, 0.2) is 24.5 Å². The van der Waals surface area contributed by atoms with Crippen molar-refractivity contribution in [2.75, 3.05) is 0 Å². The Bertz CT molecular complexity index is 548. The molecule has 0 N–H and O–H groups in total. The quantitative estimate of drug-likeness (QED) is 0.451. The van der Waals surface area contributed by atoms with Crippen molar-refractivity contribution < 1.29 is 4.85 Å². The Labute approximate surface area is 80.1 Å². The molecule has 2 aromatic rings. The molecule has 4 nitrogen and oxygen atoms in total. The summed E-state index contributed by atoms with van der Waals surface area (Å²) in [4.78, 5) is 4.67. The van der Waals surface area contributed by atoms with Gasteiger partial charge < -0.3 is 5.21 Å². The van der Waals surface area contributed by atoms with E-state index in [-0.39, 0.29) is 0 Å². The Kier molecular flexibility index (Phi) is 1.33. The average molecular weight is 185 g/mol. The molecular weight excluding hydrogens is 178 g/mol. The van der Waals surface area contributed by atoms with Crippen molar-refractivity contribution >= 4 is 17.1 Å². The second-order valence-electron chi connectivity index (χ2n) is 3.28. The normalized spacial score (nSPS) is 13.4. The SMILES string of the molecule is [O-][n+]1ncnc2cc3c(cc21)CC=C3. The summed E-state index contributed by atoms with van der Waals surface area (Å²) >= 11 is 0. The van der Waals surface area contributed by atoms with Crippen molar-refractivity contribution in [3.05, 3.63) is 40.9 Å². The van der Waals surface area contributed by atoms with Crippen LogP contribution in [0.25, 0.3) is 17.1 Å². The summed E-state index contributed by atoms with van der Waals surface area (Å²) in [5.41, 5.74) is 3.54. The zero-order valence-corrected chi connectivity index (χ0v) is 7.34. The summed E-state index contributed by atoms with van der Waals surface area (Å²) in [7, 11) is 0. The average Bonchev–Trinajstić information content (AvgIpc) is 2.62. The number of rotatable bonds is 0. The van der Waals surface area contributed by atoms with Gasteiger partial charge in [-0.1, -0.05) is 12.2 Å². The molecule has 0 saturated heterocycles. The zero-order chi connectivity index (χ0) is 9.54. The molecule has 0 amide bonds. The summed E-state index contributed by atoms with van der Waals surface area (Å²) in [5, 5.41) is 14.9. The fraction of sp³-hybridized carbons (Fsp3) is 0.100. The second-order valence-corrected chi connectivity index (χ2v) is 3.28. The van der Waals surface area contributed by atoms with Gasteiger partial charge in [-0.3, -0.25) is 0 Å². The van der Waals surface area contributed by atoms with Crippen LogP contribution in [-0.2, 0) is 6.42 Å². The summed E-state index contributed by atoms with van der Waals surface area (Å²) in [6, 6.07) is 3.78. The largest absolute Gasteiger partial charge is 0.594 e. The van der Waals surface area contributed by atoms with E-state index in [0.717, 1.165) is 17.5 Å². The highest BCUT2D eigenvalue weighted by Crippen LogP contribution is 2.22. The lowest BCUT2D eigenvalue weighted by atomic mass is 10.1. The number of benzene rings is 1. The maximum atomic E-state index is 11.3. The van der Waals surface area contributed by atoms with E-state index in [1.54, 1.807) is 0 Å². The van der Waals surface area contributed by atoms with Gasteiger partial charge in [-0.25, -0.2) is 4.98 Å². The molecule has 1 heterocycles. The molecular formula is C10H7N3O. The molecule has 3 rings (SSSR count). The van der Waals surface area contributed by atoms with E-state index in [1.807, 2.05) is 18.2 Å². The van der Waals surface area contributed by atoms with Gasteiger partial charge in [0.1, 0.15) is 5.52 Å². The number of nitrogens with zero attached hydrogens (tertiary/aromatic N) is 3. The minimum atomic E-state index is 0.537. The molecule has 1 aromatic carbocycles. The summed E-state index contributed by atoms with van der Waals surface area (Å²) < 4.78 is 0. The first-order valence-electron chi connectivity index (χ1n) is 4.38. The smallest absolute Gasteiger partial charge is 0.270 e. The Morgan fingerprint density at radius 3 is 3.21 bits per heavy atom. The van der Waals surface area contributed by atoms with Crippen LogP contribution in [0.2, 0.25) is 0 Å². The third-order valence-electron chi connectivity index (χ3n) is 2.43. The van der Waals surface area contributed by atoms with Crippen LogP contribution in [-0.4, -0.2) is 10.1 Å². The van der Waals surface area contributed by atoms with E-state index < -0.39 is 0 Å². The fourth-order valence-electron chi connectivity index (χ4n) is 1.73. The van der Waals surface area contributed by atoms with E-state index in [4.69, 9.17) is 0 Å². The van der Waals surface area contributed by atoms with Crippen LogP contribution in [0.1, 0.15) is 11.1 Å². The maximum absolute atomic E-state index is 11.3. The van der Waals surface area contributed by atoms with E-state index in [0.29, 0.717) is 15.9 Å². The molecule has 0 saturated carbocycles. The number of hydrogen-bond acceptors (Lipinski definition) is 3. The molecule has 0 radical (unpaired) electrons. The molecule has 14 heavy (non-hydrogen) atoms. The first kappa shape index (κ1) is 7.44. The molecule has 0 aliphatic heterocycles. The Balaban J connectivity index is 2.42. The van der Waals surface area contributed by atoms with Crippen molar-refractivity contribution in [3.8, 4) is 0 Å². The van der Waals surface area contributed by atoms with Crippen molar-refractivity contribution in [2.45, 2.75) is 6.42 Å². The minimum Gasteiger partial charge on any atom is -0.594 e. The van der Waals surface area contributed by atoms with E-state index in [2.05, 4.69) is 16.2 Å². The number of allylic oxidation sites excluding steroid dienone is 1. The molecule has 0 spiro atoms. The lowest BCUT2D eigenvalue weighted by Crippen LogP contribution is -2.31. The summed E-state index contributed by atoms with van der Waals surface area (Å²) in [6.07, 6.45) is 6.29. The Morgan fingerprint density at radius 2 is 2.29 bits per heavy atom. The lowest BCUT2D eigenvalue weighted by molar-refractivity contribution is -0.643.